The number of para-hydroxylation sites is 1. The lowest BCUT2D eigenvalue weighted by atomic mass is 10.2. The standard InChI is InChI=1S/C16H17N5O3/c1-18-13-12(14(23)19(2)16(18)24)21-9-11(22)8-20(15(21)17-13)10-6-4-3-5-7-10/h3-7,11,22H,8-9H2,1-2H3/t11-/m1/s1. The van der Waals surface area contributed by atoms with Crippen LogP contribution in [-0.4, -0.2) is 36.4 Å². The molecular weight excluding hydrogens is 310 g/mol. The quantitative estimate of drug-likeness (QED) is 0.677. The van der Waals surface area contributed by atoms with E-state index < -0.39 is 17.4 Å². The van der Waals surface area contributed by atoms with E-state index in [4.69, 9.17) is 0 Å². The van der Waals surface area contributed by atoms with E-state index in [1.54, 1.807) is 11.6 Å². The molecule has 2 aromatic heterocycles. The molecule has 1 atom stereocenters. The van der Waals surface area contributed by atoms with E-state index in [1.165, 1.54) is 11.6 Å². The van der Waals surface area contributed by atoms with Crippen LogP contribution in [0, 0.1) is 0 Å². The topological polar surface area (TPSA) is 85.3 Å². The van der Waals surface area contributed by atoms with Gasteiger partial charge in [-0.2, -0.15) is 4.98 Å². The molecule has 1 aromatic carbocycles. The molecule has 1 aliphatic rings. The van der Waals surface area contributed by atoms with E-state index in [2.05, 4.69) is 4.98 Å². The maximum atomic E-state index is 12.6. The predicted molar refractivity (Wildman–Crippen MR) is 89.7 cm³/mol. The summed E-state index contributed by atoms with van der Waals surface area (Å²) in [6.07, 6.45) is -0.642. The van der Waals surface area contributed by atoms with Crippen molar-refractivity contribution in [3.63, 3.8) is 0 Å². The first-order valence-corrected chi connectivity index (χ1v) is 7.66. The van der Waals surface area contributed by atoms with Crippen molar-refractivity contribution in [2.75, 3.05) is 11.4 Å². The second-order valence-corrected chi connectivity index (χ2v) is 6.00. The summed E-state index contributed by atoms with van der Waals surface area (Å²) in [7, 11) is 3.03. The molecule has 0 unspecified atom stereocenters. The first-order valence-electron chi connectivity index (χ1n) is 7.66. The fourth-order valence-electron chi connectivity index (χ4n) is 3.20. The third-order valence-electron chi connectivity index (χ3n) is 4.42. The number of aliphatic hydroxyl groups excluding tert-OH is 1. The zero-order valence-corrected chi connectivity index (χ0v) is 13.4. The minimum Gasteiger partial charge on any atom is -0.389 e. The fourth-order valence-corrected chi connectivity index (χ4v) is 3.20. The van der Waals surface area contributed by atoms with E-state index in [1.807, 2.05) is 35.2 Å². The fraction of sp³-hybridized carbons (Fsp3) is 0.312. The Morgan fingerprint density at radius 2 is 1.79 bits per heavy atom. The van der Waals surface area contributed by atoms with Gasteiger partial charge in [0.15, 0.2) is 11.2 Å². The van der Waals surface area contributed by atoms with Crippen LogP contribution >= 0.6 is 0 Å². The lowest BCUT2D eigenvalue weighted by Crippen LogP contribution is -2.40. The van der Waals surface area contributed by atoms with Crippen LogP contribution in [0.25, 0.3) is 11.2 Å². The zero-order valence-electron chi connectivity index (χ0n) is 13.4. The summed E-state index contributed by atoms with van der Waals surface area (Å²) < 4.78 is 4.11. The first-order chi connectivity index (χ1) is 11.5. The first kappa shape index (κ1) is 14.7. The zero-order chi connectivity index (χ0) is 17.0. The van der Waals surface area contributed by atoms with Gasteiger partial charge < -0.3 is 14.6 Å². The number of anilines is 2. The maximum absolute atomic E-state index is 12.6. The highest BCUT2D eigenvalue weighted by Crippen LogP contribution is 2.30. The van der Waals surface area contributed by atoms with Crippen LogP contribution in [0.3, 0.4) is 0 Å². The molecule has 3 heterocycles. The van der Waals surface area contributed by atoms with Crippen LogP contribution in [0.4, 0.5) is 11.6 Å². The number of fused-ring (bicyclic) bond motifs is 3. The summed E-state index contributed by atoms with van der Waals surface area (Å²) in [6.45, 7) is 0.643. The van der Waals surface area contributed by atoms with Crippen LogP contribution in [0.15, 0.2) is 39.9 Å². The second-order valence-electron chi connectivity index (χ2n) is 6.00. The Balaban J connectivity index is 2.07. The van der Waals surface area contributed by atoms with Crippen molar-refractivity contribution in [1.82, 2.24) is 18.7 Å². The molecule has 0 aliphatic carbocycles. The van der Waals surface area contributed by atoms with Crippen LogP contribution in [0.2, 0.25) is 0 Å². The van der Waals surface area contributed by atoms with E-state index >= 15 is 0 Å². The SMILES string of the molecule is Cn1c(=O)c2c(nc3n2C[C@H](O)CN3c2ccccc2)n(C)c1=O. The molecule has 0 radical (unpaired) electrons. The van der Waals surface area contributed by atoms with Crippen molar-refractivity contribution in [3.8, 4) is 0 Å². The number of nitrogens with zero attached hydrogens (tertiary/aromatic N) is 5. The molecule has 1 N–H and O–H groups in total. The summed E-state index contributed by atoms with van der Waals surface area (Å²) in [6, 6.07) is 9.54. The highest BCUT2D eigenvalue weighted by molar-refractivity contribution is 5.77. The number of β-amino-alcohol motifs (C(OH)–C–C–N with tert-alkyl or cyclic N) is 1. The van der Waals surface area contributed by atoms with Gasteiger partial charge in [-0.15, -0.1) is 0 Å². The number of aryl methyl sites for hydroxylation is 1. The molecule has 8 heteroatoms. The molecule has 0 amide bonds. The maximum Gasteiger partial charge on any atom is 0.332 e. The Hall–Kier alpha value is -2.87. The Labute approximate surface area is 136 Å². The van der Waals surface area contributed by atoms with E-state index in [0.717, 1.165) is 10.3 Å². The molecule has 0 bridgehead atoms. The van der Waals surface area contributed by atoms with Gasteiger partial charge in [0.1, 0.15) is 0 Å². The number of rotatable bonds is 1. The number of imidazole rings is 1. The number of aromatic nitrogens is 4. The van der Waals surface area contributed by atoms with Crippen LogP contribution in [-0.2, 0) is 20.6 Å². The summed E-state index contributed by atoms with van der Waals surface area (Å²) >= 11 is 0. The van der Waals surface area contributed by atoms with Crippen molar-refractivity contribution in [3.05, 3.63) is 51.2 Å². The normalized spacial score (nSPS) is 17.3. The smallest absolute Gasteiger partial charge is 0.332 e. The van der Waals surface area contributed by atoms with Crippen molar-refractivity contribution in [2.24, 2.45) is 14.1 Å². The Kier molecular flexibility index (Phi) is 3.10. The van der Waals surface area contributed by atoms with Crippen LogP contribution in [0.5, 0.6) is 0 Å². The van der Waals surface area contributed by atoms with E-state index in [-0.39, 0.29) is 6.54 Å². The van der Waals surface area contributed by atoms with Gasteiger partial charge in [-0.05, 0) is 12.1 Å². The molecule has 0 spiro atoms. The molecule has 24 heavy (non-hydrogen) atoms. The number of hydrogen-bond donors (Lipinski definition) is 1. The van der Waals surface area contributed by atoms with Crippen molar-refractivity contribution in [1.29, 1.82) is 0 Å². The molecule has 0 saturated heterocycles. The molecule has 0 fully saturated rings. The summed E-state index contributed by atoms with van der Waals surface area (Å²) in [5.74, 6) is 0.555. The minimum absolute atomic E-state index is 0.266. The predicted octanol–water partition coefficient (Wildman–Crippen LogP) is -0.0537. The Morgan fingerprint density at radius 1 is 1.08 bits per heavy atom. The van der Waals surface area contributed by atoms with Crippen molar-refractivity contribution < 1.29 is 5.11 Å². The summed E-state index contributed by atoms with van der Waals surface area (Å²) in [5.41, 5.74) is 0.695. The Bertz CT molecular complexity index is 1050. The number of aliphatic hydroxyl groups is 1. The van der Waals surface area contributed by atoms with Gasteiger partial charge in [-0.3, -0.25) is 13.9 Å². The molecular formula is C16H17N5O3. The van der Waals surface area contributed by atoms with Crippen molar-refractivity contribution in [2.45, 2.75) is 12.6 Å². The lowest BCUT2D eigenvalue weighted by molar-refractivity contribution is 0.154. The molecule has 1 aliphatic heterocycles. The van der Waals surface area contributed by atoms with Gasteiger partial charge in [0.05, 0.1) is 19.2 Å². The largest absolute Gasteiger partial charge is 0.389 e. The monoisotopic (exact) mass is 327 g/mol. The highest BCUT2D eigenvalue weighted by atomic mass is 16.3. The minimum atomic E-state index is -0.642. The number of benzene rings is 1. The molecule has 3 aromatic rings. The summed E-state index contributed by atoms with van der Waals surface area (Å²) in [4.78, 5) is 31.1. The third-order valence-corrected chi connectivity index (χ3v) is 4.42. The molecule has 124 valence electrons. The van der Waals surface area contributed by atoms with E-state index in [0.29, 0.717) is 23.7 Å². The van der Waals surface area contributed by atoms with Crippen LogP contribution < -0.4 is 16.1 Å². The average Bonchev–Trinajstić information content (AvgIpc) is 2.97. The third kappa shape index (κ3) is 1.93. The molecule has 0 saturated carbocycles. The average molecular weight is 327 g/mol. The van der Waals surface area contributed by atoms with Gasteiger partial charge in [0.25, 0.3) is 5.56 Å². The van der Waals surface area contributed by atoms with Gasteiger partial charge in [-0.25, -0.2) is 4.79 Å². The van der Waals surface area contributed by atoms with Gasteiger partial charge >= 0.3 is 5.69 Å². The van der Waals surface area contributed by atoms with Gasteiger partial charge in [-0.1, -0.05) is 18.2 Å². The van der Waals surface area contributed by atoms with Gasteiger partial charge in [0.2, 0.25) is 5.95 Å². The van der Waals surface area contributed by atoms with Crippen molar-refractivity contribution >= 4 is 22.8 Å². The van der Waals surface area contributed by atoms with Gasteiger partial charge in [0, 0.05) is 19.8 Å². The Morgan fingerprint density at radius 3 is 2.50 bits per heavy atom. The number of hydrogen-bond acceptors (Lipinski definition) is 5. The summed E-state index contributed by atoms with van der Waals surface area (Å²) in [5, 5.41) is 10.3. The second kappa shape index (κ2) is 5.07. The highest BCUT2D eigenvalue weighted by Gasteiger charge is 2.30. The molecule has 4 rings (SSSR count). The molecule has 8 nitrogen and oxygen atoms in total. The van der Waals surface area contributed by atoms with Crippen LogP contribution in [0.1, 0.15) is 0 Å². The lowest BCUT2D eigenvalue weighted by Gasteiger charge is -2.32. The van der Waals surface area contributed by atoms with E-state index in [9.17, 15) is 14.7 Å².